The normalized spacial score (nSPS) is 12.1. The standard InChI is InChI=1S/C15H22O3S/c1-3-18-15(16)10-5-4-6-11-19(17)14-9-7-8-13(2)12-14/h7-9,12H,3-6,10-11H2,1-2H3. The number of carbonyl (C=O) groups is 1. The van der Waals surface area contributed by atoms with E-state index in [2.05, 4.69) is 0 Å². The molecular weight excluding hydrogens is 260 g/mol. The summed E-state index contributed by atoms with van der Waals surface area (Å²) in [4.78, 5) is 12.0. The molecule has 0 saturated carbocycles. The Bertz CT molecular complexity index is 429. The minimum Gasteiger partial charge on any atom is -0.466 e. The van der Waals surface area contributed by atoms with Crippen molar-refractivity contribution in [2.24, 2.45) is 0 Å². The van der Waals surface area contributed by atoms with Gasteiger partial charge in [0.05, 0.1) is 17.4 Å². The van der Waals surface area contributed by atoms with Crippen LogP contribution in [0.3, 0.4) is 0 Å². The van der Waals surface area contributed by atoms with Crippen molar-refractivity contribution in [2.45, 2.75) is 44.4 Å². The van der Waals surface area contributed by atoms with Crippen LogP contribution in [0.15, 0.2) is 29.2 Å². The van der Waals surface area contributed by atoms with Crippen LogP contribution in [0.4, 0.5) is 0 Å². The molecular formula is C15H22O3S. The zero-order chi connectivity index (χ0) is 14.1. The molecule has 4 heteroatoms. The summed E-state index contributed by atoms with van der Waals surface area (Å²) in [5, 5.41) is 0. The lowest BCUT2D eigenvalue weighted by atomic mass is 10.2. The number of hydrogen-bond donors (Lipinski definition) is 0. The molecule has 0 N–H and O–H groups in total. The molecule has 1 aromatic rings. The fraction of sp³-hybridized carbons (Fsp3) is 0.533. The van der Waals surface area contributed by atoms with Gasteiger partial charge in [-0.2, -0.15) is 0 Å². The SMILES string of the molecule is CCOC(=O)CCCCCS(=O)c1cccc(C)c1. The molecule has 1 unspecified atom stereocenters. The third kappa shape index (κ3) is 6.53. The molecule has 0 aliphatic carbocycles. The maximum absolute atomic E-state index is 12.0. The molecule has 0 aliphatic heterocycles. The topological polar surface area (TPSA) is 43.4 Å². The molecule has 1 rings (SSSR count). The van der Waals surface area contributed by atoms with Gasteiger partial charge in [-0.1, -0.05) is 18.6 Å². The van der Waals surface area contributed by atoms with Gasteiger partial charge in [-0.25, -0.2) is 0 Å². The molecule has 0 radical (unpaired) electrons. The van der Waals surface area contributed by atoms with Crippen LogP contribution in [0.2, 0.25) is 0 Å². The first-order valence-electron chi connectivity index (χ1n) is 6.74. The van der Waals surface area contributed by atoms with Crippen molar-refractivity contribution >= 4 is 16.8 Å². The highest BCUT2D eigenvalue weighted by Gasteiger charge is 2.05. The van der Waals surface area contributed by atoms with Crippen LogP contribution >= 0.6 is 0 Å². The van der Waals surface area contributed by atoms with Crippen LogP contribution in [0.1, 0.15) is 38.2 Å². The average molecular weight is 282 g/mol. The highest BCUT2D eigenvalue weighted by atomic mass is 32.2. The van der Waals surface area contributed by atoms with Crippen LogP contribution in [0.5, 0.6) is 0 Å². The van der Waals surface area contributed by atoms with Gasteiger partial charge in [-0.15, -0.1) is 0 Å². The molecule has 106 valence electrons. The molecule has 0 aromatic heterocycles. The van der Waals surface area contributed by atoms with Crippen molar-refractivity contribution in [2.75, 3.05) is 12.4 Å². The minimum atomic E-state index is -0.927. The summed E-state index contributed by atoms with van der Waals surface area (Å²) in [5.41, 5.74) is 1.13. The van der Waals surface area contributed by atoms with Gasteiger partial charge in [-0.3, -0.25) is 9.00 Å². The summed E-state index contributed by atoms with van der Waals surface area (Å²) in [5.74, 6) is 0.522. The molecule has 0 heterocycles. The van der Waals surface area contributed by atoms with E-state index >= 15 is 0 Å². The predicted molar refractivity (Wildman–Crippen MR) is 77.6 cm³/mol. The molecule has 1 atom stereocenters. The number of unbranched alkanes of at least 4 members (excludes halogenated alkanes) is 2. The van der Waals surface area contributed by atoms with E-state index in [4.69, 9.17) is 4.74 Å². The van der Waals surface area contributed by atoms with Gasteiger partial charge in [0.2, 0.25) is 0 Å². The van der Waals surface area contributed by atoms with E-state index in [1.54, 1.807) is 0 Å². The molecule has 0 fully saturated rings. The van der Waals surface area contributed by atoms with E-state index in [9.17, 15) is 9.00 Å². The Morgan fingerprint density at radius 2 is 2.05 bits per heavy atom. The fourth-order valence-electron chi connectivity index (χ4n) is 1.79. The summed E-state index contributed by atoms with van der Waals surface area (Å²) in [6, 6.07) is 7.81. The summed E-state index contributed by atoms with van der Waals surface area (Å²) in [6.45, 7) is 4.25. The Labute approximate surface area is 117 Å². The molecule has 19 heavy (non-hydrogen) atoms. The van der Waals surface area contributed by atoms with Gasteiger partial charge in [0, 0.05) is 17.1 Å². The summed E-state index contributed by atoms with van der Waals surface area (Å²) < 4.78 is 16.9. The van der Waals surface area contributed by atoms with Gasteiger partial charge in [0.25, 0.3) is 0 Å². The zero-order valence-electron chi connectivity index (χ0n) is 11.7. The van der Waals surface area contributed by atoms with E-state index in [-0.39, 0.29) is 5.97 Å². The Hall–Kier alpha value is -1.16. The van der Waals surface area contributed by atoms with Crippen molar-refractivity contribution in [1.29, 1.82) is 0 Å². The van der Waals surface area contributed by atoms with Crippen LogP contribution < -0.4 is 0 Å². The monoisotopic (exact) mass is 282 g/mol. The third-order valence-electron chi connectivity index (χ3n) is 2.77. The van der Waals surface area contributed by atoms with Crippen LogP contribution in [-0.2, 0) is 20.3 Å². The van der Waals surface area contributed by atoms with E-state index < -0.39 is 10.8 Å². The molecule has 0 saturated heterocycles. The second-order valence-corrected chi connectivity index (χ2v) is 6.05. The largest absolute Gasteiger partial charge is 0.466 e. The molecule has 1 aromatic carbocycles. The number of benzene rings is 1. The average Bonchev–Trinajstić information content (AvgIpc) is 2.38. The number of rotatable bonds is 8. The second kappa shape index (κ2) is 8.86. The lowest BCUT2D eigenvalue weighted by Gasteiger charge is -2.04. The first-order chi connectivity index (χ1) is 9.13. The van der Waals surface area contributed by atoms with Crippen molar-refractivity contribution in [3.05, 3.63) is 29.8 Å². The Morgan fingerprint density at radius 3 is 2.74 bits per heavy atom. The number of ether oxygens (including phenoxy) is 1. The van der Waals surface area contributed by atoms with Crippen LogP contribution in [0.25, 0.3) is 0 Å². The highest BCUT2D eigenvalue weighted by Crippen LogP contribution is 2.11. The van der Waals surface area contributed by atoms with Gasteiger partial charge in [0.15, 0.2) is 0 Å². The van der Waals surface area contributed by atoms with Crippen LogP contribution in [0, 0.1) is 6.92 Å². The van der Waals surface area contributed by atoms with Gasteiger partial charge >= 0.3 is 5.97 Å². The van der Waals surface area contributed by atoms with Crippen molar-refractivity contribution < 1.29 is 13.7 Å². The van der Waals surface area contributed by atoms with Crippen molar-refractivity contribution in [1.82, 2.24) is 0 Å². The number of esters is 1. The Morgan fingerprint density at radius 1 is 1.26 bits per heavy atom. The van der Waals surface area contributed by atoms with Crippen molar-refractivity contribution in [3.63, 3.8) is 0 Å². The maximum atomic E-state index is 12.0. The first kappa shape index (κ1) is 15.9. The fourth-order valence-corrected chi connectivity index (χ4v) is 3.04. The Balaban J connectivity index is 2.19. The Kier molecular flexibility index (Phi) is 7.41. The lowest BCUT2D eigenvalue weighted by molar-refractivity contribution is -0.143. The third-order valence-corrected chi connectivity index (χ3v) is 4.21. The summed E-state index contributed by atoms with van der Waals surface area (Å²) in [6.07, 6.45) is 3.06. The molecule has 0 aliphatic rings. The van der Waals surface area contributed by atoms with Gasteiger partial charge < -0.3 is 4.74 Å². The van der Waals surface area contributed by atoms with E-state index in [0.29, 0.717) is 18.8 Å². The van der Waals surface area contributed by atoms with Crippen LogP contribution in [-0.4, -0.2) is 22.5 Å². The predicted octanol–water partition coefficient (Wildman–Crippen LogP) is 3.23. The number of aryl methyl sites for hydroxylation is 1. The molecule has 0 amide bonds. The first-order valence-corrected chi connectivity index (χ1v) is 8.06. The zero-order valence-corrected chi connectivity index (χ0v) is 12.5. The second-order valence-electron chi connectivity index (χ2n) is 4.48. The van der Waals surface area contributed by atoms with E-state index in [1.807, 2.05) is 38.1 Å². The molecule has 3 nitrogen and oxygen atoms in total. The van der Waals surface area contributed by atoms with Gasteiger partial charge in [0.1, 0.15) is 0 Å². The highest BCUT2D eigenvalue weighted by molar-refractivity contribution is 7.85. The van der Waals surface area contributed by atoms with E-state index in [1.165, 1.54) is 0 Å². The van der Waals surface area contributed by atoms with Gasteiger partial charge in [-0.05, 0) is 44.4 Å². The molecule has 0 bridgehead atoms. The summed E-state index contributed by atoms with van der Waals surface area (Å²) in [7, 11) is -0.927. The minimum absolute atomic E-state index is 0.137. The summed E-state index contributed by atoms with van der Waals surface area (Å²) >= 11 is 0. The lowest BCUT2D eigenvalue weighted by Crippen LogP contribution is -2.04. The van der Waals surface area contributed by atoms with E-state index in [0.717, 1.165) is 29.7 Å². The number of carbonyl (C=O) groups excluding carboxylic acids is 1. The maximum Gasteiger partial charge on any atom is 0.305 e. The smallest absolute Gasteiger partial charge is 0.305 e. The quantitative estimate of drug-likeness (QED) is 0.543. The van der Waals surface area contributed by atoms with Crippen molar-refractivity contribution in [3.8, 4) is 0 Å². The molecule has 0 spiro atoms. The number of hydrogen-bond acceptors (Lipinski definition) is 3.